The Morgan fingerprint density at radius 3 is 2.11 bits per heavy atom. The molecule has 0 saturated heterocycles. The van der Waals surface area contributed by atoms with Gasteiger partial charge in [0.05, 0.1) is 5.69 Å². The van der Waals surface area contributed by atoms with Gasteiger partial charge in [-0.3, -0.25) is 0 Å². The van der Waals surface area contributed by atoms with Gasteiger partial charge in [-0.25, -0.2) is 4.98 Å². The number of hydrogen-bond acceptors (Lipinski definition) is 1. The van der Waals surface area contributed by atoms with Crippen molar-refractivity contribution in [3.8, 4) is 0 Å². The molecule has 18 heavy (non-hydrogen) atoms. The summed E-state index contributed by atoms with van der Waals surface area (Å²) in [6, 6.07) is 0. The van der Waals surface area contributed by atoms with Gasteiger partial charge in [-0.05, 0) is 37.3 Å². The third-order valence-corrected chi connectivity index (χ3v) is 3.56. The third kappa shape index (κ3) is 5.90. The van der Waals surface area contributed by atoms with E-state index in [9.17, 15) is 0 Å². The molecule has 1 aromatic rings. The Morgan fingerprint density at radius 1 is 0.889 bits per heavy atom. The molecule has 0 aromatic carbocycles. The average molecular weight is 271 g/mol. The molecule has 0 unspecified atom stereocenters. The predicted octanol–water partition coefficient (Wildman–Crippen LogP) is 5.31. The fraction of sp³-hybridized carbons (Fsp3) is 0.800. The Morgan fingerprint density at radius 2 is 1.50 bits per heavy atom. The summed E-state index contributed by atoms with van der Waals surface area (Å²) < 4.78 is 0. The summed E-state index contributed by atoms with van der Waals surface area (Å²) in [7, 11) is 0. The maximum absolute atomic E-state index is 5.98. The molecule has 0 aliphatic heterocycles. The van der Waals surface area contributed by atoms with Gasteiger partial charge >= 0.3 is 0 Å². The van der Waals surface area contributed by atoms with E-state index in [1.54, 1.807) is 0 Å². The van der Waals surface area contributed by atoms with Crippen molar-refractivity contribution in [2.45, 2.75) is 78.1 Å². The van der Waals surface area contributed by atoms with Crippen molar-refractivity contribution < 1.29 is 0 Å². The monoisotopic (exact) mass is 270 g/mol. The molecular weight excluding hydrogens is 244 g/mol. The first-order chi connectivity index (χ1) is 8.77. The van der Waals surface area contributed by atoms with Crippen LogP contribution in [0.5, 0.6) is 0 Å². The Hall–Kier alpha value is -0.500. The van der Waals surface area contributed by atoms with E-state index in [1.807, 2.05) is 0 Å². The molecule has 0 spiro atoms. The fourth-order valence-corrected chi connectivity index (χ4v) is 2.49. The standard InChI is InChI=1S/C15H27ClN2/c1-3-5-7-9-11-13-14(18-15(16)17-13)12-10-8-6-4-2/h3-12H2,1-2H3,(H,17,18). The van der Waals surface area contributed by atoms with E-state index < -0.39 is 0 Å². The molecule has 2 nitrogen and oxygen atoms in total. The van der Waals surface area contributed by atoms with Crippen LogP contribution in [0.2, 0.25) is 5.28 Å². The summed E-state index contributed by atoms with van der Waals surface area (Å²) >= 11 is 5.98. The van der Waals surface area contributed by atoms with Gasteiger partial charge in [0.15, 0.2) is 5.28 Å². The molecule has 0 aliphatic rings. The normalized spacial score (nSPS) is 11.1. The minimum Gasteiger partial charge on any atom is -0.332 e. The molecule has 0 atom stereocenters. The number of rotatable bonds is 10. The first-order valence-corrected chi connectivity index (χ1v) is 7.89. The first kappa shape index (κ1) is 15.6. The highest BCUT2D eigenvalue weighted by Gasteiger charge is 2.08. The van der Waals surface area contributed by atoms with Crippen LogP contribution in [-0.2, 0) is 12.8 Å². The SMILES string of the molecule is CCCCCCc1nc(Cl)[nH]c1CCCCCC. The smallest absolute Gasteiger partial charge is 0.200 e. The molecule has 0 aliphatic carbocycles. The second-order valence-electron chi connectivity index (χ2n) is 5.07. The summed E-state index contributed by atoms with van der Waals surface area (Å²) in [6.45, 7) is 4.48. The summed E-state index contributed by atoms with van der Waals surface area (Å²) in [5.74, 6) is 0. The molecule has 0 amide bonds. The van der Waals surface area contributed by atoms with Crippen molar-refractivity contribution in [2.24, 2.45) is 0 Å². The summed E-state index contributed by atoms with van der Waals surface area (Å²) in [5.41, 5.74) is 2.47. The third-order valence-electron chi connectivity index (χ3n) is 3.38. The Kier molecular flexibility index (Phi) is 8.15. The zero-order valence-corrected chi connectivity index (χ0v) is 12.7. The summed E-state index contributed by atoms with van der Waals surface area (Å²) in [6.07, 6.45) is 12.5. The fourth-order valence-electron chi connectivity index (χ4n) is 2.27. The number of hydrogen-bond donors (Lipinski definition) is 1. The largest absolute Gasteiger partial charge is 0.332 e. The summed E-state index contributed by atoms with van der Waals surface area (Å²) in [4.78, 5) is 7.63. The van der Waals surface area contributed by atoms with Crippen LogP contribution in [0.15, 0.2) is 0 Å². The number of halogens is 1. The number of nitrogens with zero attached hydrogens (tertiary/aromatic N) is 1. The minimum absolute atomic E-state index is 0.561. The van der Waals surface area contributed by atoms with Gasteiger partial charge in [0.2, 0.25) is 0 Å². The van der Waals surface area contributed by atoms with Crippen LogP contribution >= 0.6 is 11.6 Å². The van der Waals surface area contributed by atoms with Crippen molar-refractivity contribution in [3.63, 3.8) is 0 Å². The van der Waals surface area contributed by atoms with Crippen molar-refractivity contribution >= 4 is 11.6 Å². The van der Waals surface area contributed by atoms with E-state index in [2.05, 4.69) is 23.8 Å². The van der Waals surface area contributed by atoms with Crippen molar-refractivity contribution in [1.82, 2.24) is 9.97 Å². The number of imidazole rings is 1. The van der Waals surface area contributed by atoms with Crippen LogP contribution in [0, 0.1) is 0 Å². The summed E-state index contributed by atoms with van der Waals surface area (Å²) in [5, 5.41) is 0.561. The van der Waals surface area contributed by atoms with E-state index in [4.69, 9.17) is 11.6 Å². The van der Waals surface area contributed by atoms with Crippen molar-refractivity contribution in [3.05, 3.63) is 16.7 Å². The zero-order chi connectivity index (χ0) is 13.2. The minimum atomic E-state index is 0.561. The van der Waals surface area contributed by atoms with Crippen molar-refractivity contribution in [1.29, 1.82) is 0 Å². The van der Waals surface area contributed by atoms with Gasteiger partial charge in [0.1, 0.15) is 0 Å². The van der Waals surface area contributed by atoms with Crippen LogP contribution in [0.3, 0.4) is 0 Å². The second-order valence-corrected chi connectivity index (χ2v) is 5.43. The van der Waals surface area contributed by atoms with E-state index in [-0.39, 0.29) is 0 Å². The topological polar surface area (TPSA) is 28.7 Å². The molecule has 3 heteroatoms. The number of H-pyrrole nitrogens is 1. The number of unbranched alkanes of at least 4 members (excludes halogenated alkanes) is 6. The number of aryl methyl sites for hydroxylation is 2. The lowest BCUT2D eigenvalue weighted by Crippen LogP contribution is -1.94. The number of aromatic amines is 1. The predicted molar refractivity (Wildman–Crippen MR) is 79.3 cm³/mol. The first-order valence-electron chi connectivity index (χ1n) is 7.51. The molecule has 0 bridgehead atoms. The molecule has 1 aromatic heterocycles. The van der Waals surface area contributed by atoms with E-state index >= 15 is 0 Å². The van der Waals surface area contributed by atoms with Crippen LogP contribution in [-0.4, -0.2) is 9.97 Å². The van der Waals surface area contributed by atoms with E-state index in [0.717, 1.165) is 12.8 Å². The average Bonchev–Trinajstić information content (AvgIpc) is 2.71. The lowest BCUT2D eigenvalue weighted by molar-refractivity contribution is 0.643. The Bertz CT molecular complexity index is 291. The molecular formula is C15H27ClN2. The van der Waals surface area contributed by atoms with Gasteiger partial charge in [0.25, 0.3) is 0 Å². The Labute approximate surface area is 117 Å². The van der Waals surface area contributed by atoms with Crippen molar-refractivity contribution in [2.75, 3.05) is 0 Å². The Balaban J connectivity index is 2.36. The highest BCUT2D eigenvalue weighted by atomic mass is 35.5. The van der Waals surface area contributed by atoms with Gasteiger partial charge in [-0.15, -0.1) is 0 Å². The molecule has 0 fully saturated rings. The molecule has 1 N–H and O–H groups in total. The molecule has 0 radical (unpaired) electrons. The van der Waals surface area contributed by atoms with E-state index in [1.165, 1.54) is 62.8 Å². The lowest BCUT2D eigenvalue weighted by Gasteiger charge is -2.02. The molecule has 104 valence electrons. The van der Waals surface area contributed by atoms with E-state index in [0.29, 0.717) is 5.28 Å². The van der Waals surface area contributed by atoms with Gasteiger partial charge in [-0.1, -0.05) is 52.4 Å². The quantitative estimate of drug-likeness (QED) is 0.574. The molecule has 1 rings (SSSR count). The van der Waals surface area contributed by atoms with Gasteiger partial charge < -0.3 is 4.98 Å². The van der Waals surface area contributed by atoms with Crippen LogP contribution in [0.1, 0.15) is 76.6 Å². The number of nitrogens with one attached hydrogen (secondary N) is 1. The molecule has 1 heterocycles. The van der Waals surface area contributed by atoms with Gasteiger partial charge in [-0.2, -0.15) is 0 Å². The van der Waals surface area contributed by atoms with Crippen LogP contribution in [0.25, 0.3) is 0 Å². The maximum Gasteiger partial charge on any atom is 0.200 e. The second kappa shape index (κ2) is 9.43. The highest BCUT2D eigenvalue weighted by molar-refractivity contribution is 6.28. The zero-order valence-electron chi connectivity index (χ0n) is 11.9. The highest BCUT2D eigenvalue weighted by Crippen LogP contribution is 2.17. The van der Waals surface area contributed by atoms with Crippen LogP contribution in [0.4, 0.5) is 0 Å². The van der Waals surface area contributed by atoms with Crippen LogP contribution < -0.4 is 0 Å². The number of aromatic nitrogens is 2. The molecule has 0 saturated carbocycles. The maximum atomic E-state index is 5.98. The van der Waals surface area contributed by atoms with Gasteiger partial charge in [0, 0.05) is 5.69 Å². The lowest BCUT2D eigenvalue weighted by atomic mass is 10.1.